The number of fused-ring (bicyclic) bond motifs is 1. The van der Waals surface area contributed by atoms with Gasteiger partial charge in [0.2, 0.25) is 0 Å². The number of allylic oxidation sites excluding steroid dienone is 2. The van der Waals surface area contributed by atoms with Gasteiger partial charge in [-0.2, -0.15) is 0 Å². The lowest BCUT2D eigenvalue weighted by atomic mass is 9.81. The van der Waals surface area contributed by atoms with Crippen LogP contribution in [0.15, 0.2) is 53.3 Å². The maximum atomic E-state index is 14.5. The number of Topliss-reactive ketones (excluding diaryl/α,β-unsaturated/α-hetero) is 1. The van der Waals surface area contributed by atoms with Crippen LogP contribution in [0.1, 0.15) is 56.1 Å². The van der Waals surface area contributed by atoms with Crippen molar-refractivity contribution in [1.29, 1.82) is 0 Å². The fourth-order valence-corrected chi connectivity index (χ4v) is 5.50. The van der Waals surface area contributed by atoms with Gasteiger partial charge in [-0.15, -0.1) is 0 Å². The number of aliphatic hydroxyl groups excluding tert-OH is 1. The van der Waals surface area contributed by atoms with E-state index in [9.17, 15) is 24.2 Å². The molecule has 0 amide bonds. The molecule has 0 saturated heterocycles. The molecule has 2 N–H and O–H groups in total. The van der Waals surface area contributed by atoms with Crippen LogP contribution < -0.4 is 0 Å². The van der Waals surface area contributed by atoms with Crippen molar-refractivity contribution in [2.75, 3.05) is 6.61 Å². The molecule has 33 heavy (non-hydrogen) atoms. The Balaban J connectivity index is 1.62. The highest BCUT2D eigenvalue weighted by atomic mass is 19.1. The first kappa shape index (κ1) is 23.4. The van der Waals surface area contributed by atoms with E-state index in [0.29, 0.717) is 35.5 Å². The molecule has 1 heterocycles. The molecule has 1 fully saturated rings. The summed E-state index contributed by atoms with van der Waals surface area (Å²) in [6.07, 6.45) is 12.7. The lowest BCUT2D eigenvalue weighted by molar-refractivity contribution is -0.134. The maximum absolute atomic E-state index is 14.5. The summed E-state index contributed by atoms with van der Waals surface area (Å²) < 4.78 is 14.5. The summed E-state index contributed by atoms with van der Waals surface area (Å²) in [6, 6.07) is 4.71. The maximum Gasteiger partial charge on any atom is 0.341 e. The highest BCUT2D eigenvalue weighted by Crippen LogP contribution is 2.36. The molecule has 3 aliphatic rings. The van der Waals surface area contributed by atoms with Gasteiger partial charge in [0.15, 0.2) is 5.78 Å². The van der Waals surface area contributed by atoms with Gasteiger partial charge in [0, 0.05) is 18.2 Å². The van der Waals surface area contributed by atoms with E-state index in [0.717, 1.165) is 24.8 Å². The summed E-state index contributed by atoms with van der Waals surface area (Å²) in [5, 5.41) is 19.9. The molecule has 0 aromatic heterocycles. The smallest absolute Gasteiger partial charge is 0.341 e. The molecule has 1 aromatic carbocycles. The number of hydrogen-bond donors (Lipinski definition) is 2. The Morgan fingerprint density at radius 1 is 1.24 bits per heavy atom. The summed E-state index contributed by atoms with van der Waals surface area (Å²) in [5.74, 6) is -1.51. The van der Waals surface area contributed by atoms with Crippen LogP contribution in [0.2, 0.25) is 0 Å². The number of aliphatic carboxylic acids is 1. The average Bonchev–Trinajstić information content (AvgIpc) is 2.81. The first-order valence-corrected chi connectivity index (χ1v) is 11.9. The number of carboxylic acids is 1. The molecule has 176 valence electrons. The van der Waals surface area contributed by atoms with Crippen LogP contribution in [-0.4, -0.2) is 45.6 Å². The van der Waals surface area contributed by atoms with Crippen LogP contribution in [0.3, 0.4) is 0 Å². The van der Waals surface area contributed by atoms with Crippen molar-refractivity contribution >= 4 is 11.8 Å². The fourth-order valence-electron chi connectivity index (χ4n) is 5.50. The molecule has 1 unspecified atom stereocenters. The first-order valence-electron chi connectivity index (χ1n) is 11.9. The van der Waals surface area contributed by atoms with Crippen LogP contribution in [0.5, 0.6) is 0 Å². The van der Waals surface area contributed by atoms with E-state index in [4.69, 9.17) is 0 Å². The average molecular weight is 454 g/mol. The zero-order valence-electron chi connectivity index (χ0n) is 19.1. The second-order valence-corrected chi connectivity index (χ2v) is 9.56. The number of nitrogens with zero attached hydrogens (tertiary/aromatic N) is 1. The van der Waals surface area contributed by atoms with E-state index in [-0.39, 0.29) is 30.1 Å². The Bertz CT molecular complexity index is 1020. The number of carbonyl (C=O) groups is 2. The fraction of sp³-hybridized carbons (Fsp3) is 0.481. The summed E-state index contributed by atoms with van der Waals surface area (Å²) in [5.41, 5.74) is 2.07. The SMILES string of the molecule is Cc1cccc(CC2=CCC3C(=C2)C(=O)C(C(=O)O)=CN3[C@H](CO)CC2CCCCC2)c1F. The zero-order valence-corrected chi connectivity index (χ0v) is 19.1. The van der Waals surface area contributed by atoms with Gasteiger partial charge in [0.25, 0.3) is 0 Å². The summed E-state index contributed by atoms with van der Waals surface area (Å²) in [6.45, 7) is 1.62. The standard InChI is InChI=1S/C27H32FNO4/c1-17-6-5-9-20(25(17)28)12-19-10-11-24-22(14-19)26(31)23(27(32)33)15-29(24)21(16-30)13-18-7-3-2-4-8-18/h5-6,9-10,14-15,18,21,24,30H,2-4,7-8,11-13,16H2,1H3,(H,32,33)/t21-,24?/m0/s1. The number of aliphatic hydroxyl groups is 1. The Kier molecular flexibility index (Phi) is 7.13. The Hall–Kier alpha value is -2.73. The molecule has 2 aliphatic carbocycles. The molecule has 1 aromatic rings. The summed E-state index contributed by atoms with van der Waals surface area (Å²) >= 11 is 0. The first-order chi connectivity index (χ1) is 15.9. The van der Waals surface area contributed by atoms with E-state index in [2.05, 4.69) is 0 Å². The van der Waals surface area contributed by atoms with Gasteiger partial charge in [-0.25, -0.2) is 9.18 Å². The quantitative estimate of drug-likeness (QED) is 0.595. The van der Waals surface area contributed by atoms with Gasteiger partial charge >= 0.3 is 5.97 Å². The van der Waals surface area contributed by atoms with E-state index in [1.165, 1.54) is 25.5 Å². The van der Waals surface area contributed by atoms with Gasteiger partial charge in [-0.1, -0.05) is 56.4 Å². The van der Waals surface area contributed by atoms with Crippen LogP contribution in [0.25, 0.3) is 0 Å². The lowest BCUT2D eigenvalue weighted by Crippen LogP contribution is -2.49. The number of carbonyl (C=O) groups excluding carboxylic acids is 1. The van der Waals surface area contributed by atoms with Gasteiger partial charge in [0.1, 0.15) is 11.4 Å². The van der Waals surface area contributed by atoms with Crippen LogP contribution in [0, 0.1) is 18.7 Å². The Morgan fingerprint density at radius 3 is 2.70 bits per heavy atom. The largest absolute Gasteiger partial charge is 0.477 e. The number of halogens is 1. The second-order valence-electron chi connectivity index (χ2n) is 9.56. The predicted molar refractivity (Wildman–Crippen MR) is 124 cm³/mol. The van der Waals surface area contributed by atoms with Crippen molar-refractivity contribution in [3.05, 3.63) is 70.2 Å². The van der Waals surface area contributed by atoms with E-state index in [1.807, 2.05) is 17.0 Å². The normalized spacial score (nSPS) is 22.3. The topological polar surface area (TPSA) is 77.8 Å². The third kappa shape index (κ3) is 4.96. The molecular weight excluding hydrogens is 421 g/mol. The monoisotopic (exact) mass is 453 g/mol. The minimum Gasteiger partial charge on any atom is -0.477 e. The third-order valence-electron chi connectivity index (χ3n) is 7.31. The zero-order chi connectivity index (χ0) is 23.5. The van der Waals surface area contributed by atoms with Crippen LogP contribution >= 0.6 is 0 Å². The molecule has 6 heteroatoms. The molecule has 0 bridgehead atoms. The molecule has 0 spiro atoms. The molecule has 5 nitrogen and oxygen atoms in total. The van der Waals surface area contributed by atoms with E-state index >= 15 is 0 Å². The molecule has 4 rings (SSSR count). The molecular formula is C27H32FNO4. The van der Waals surface area contributed by atoms with Crippen molar-refractivity contribution in [3.63, 3.8) is 0 Å². The van der Waals surface area contributed by atoms with Crippen LogP contribution in [0.4, 0.5) is 4.39 Å². The number of carboxylic acid groups (broad SMARTS) is 1. The van der Waals surface area contributed by atoms with Gasteiger partial charge in [-0.05, 0) is 48.5 Å². The number of ketones is 1. The second kappa shape index (κ2) is 10.0. The number of benzene rings is 1. The van der Waals surface area contributed by atoms with Crippen molar-refractivity contribution in [2.24, 2.45) is 5.92 Å². The van der Waals surface area contributed by atoms with Gasteiger partial charge in [0.05, 0.1) is 18.7 Å². The molecule has 1 aliphatic heterocycles. The predicted octanol–water partition coefficient (Wildman–Crippen LogP) is 4.49. The molecule has 0 radical (unpaired) electrons. The Labute approximate surface area is 194 Å². The molecule has 2 atom stereocenters. The van der Waals surface area contributed by atoms with Gasteiger partial charge < -0.3 is 15.1 Å². The number of aryl methyl sites for hydroxylation is 1. The van der Waals surface area contributed by atoms with E-state index < -0.39 is 11.8 Å². The highest BCUT2D eigenvalue weighted by molar-refractivity contribution is 6.24. The molecule has 1 saturated carbocycles. The Morgan fingerprint density at radius 2 is 2.00 bits per heavy atom. The van der Waals surface area contributed by atoms with Crippen molar-refractivity contribution in [2.45, 2.75) is 70.4 Å². The summed E-state index contributed by atoms with van der Waals surface area (Å²) in [7, 11) is 0. The lowest BCUT2D eigenvalue weighted by Gasteiger charge is -2.43. The van der Waals surface area contributed by atoms with Crippen molar-refractivity contribution in [1.82, 2.24) is 4.90 Å². The van der Waals surface area contributed by atoms with Crippen molar-refractivity contribution < 1.29 is 24.2 Å². The minimum atomic E-state index is -1.26. The van der Waals surface area contributed by atoms with Gasteiger partial charge in [-0.3, -0.25) is 4.79 Å². The highest BCUT2D eigenvalue weighted by Gasteiger charge is 2.39. The minimum absolute atomic E-state index is 0.0943. The van der Waals surface area contributed by atoms with E-state index in [1.54, 1.807) is 25.1 Å². The summed E-state index contributed by atoms with van der Waals surface area (Å²) in [4.78, 5) is 26.8. The van der Waals surface area contributed by atoms with Crippen LogP contribution in [-0.2, 0) is 16.0 Å². The number of hydrogen-bond acceptors (Lipinski definition) is 4. The number of rotatable bonds is 7. The van der Waals surface area contributed by atoms with Crippen molar-refractivity contribution in [3.8, 4) is 0 Å². The third-order valence-corrected chi connectivity index (χ3v) is 7.31.